The maximum atomic E-state index is 11.9. The second kappa shape index (κ2) is 5.55. The molecule has 0 heterocycles. The van der Waals surface area contributed by atoms with Gasteiger partial charge in [-0.05, 0) is 17.7 Å². The quantitative estimate of drug-likeness (QED) is 0.754. The first-order valence-corrected chi connectivity index (χ1v) is 6.24. The van der Waals surface area contributed by atoms with Crippen molar-refractivity contribution in [2.75, 3.05) is 11.3 Å². The van der Waals surface area contributed by atoms with Gasteiger partial charge in [-0.1, -0.05) is 12.1 Å². The molecule has 0 spiro atoms. The smallest absolute Gasteiger partial charge is 0.392 e. The summed E-state index contributed by atoms with van der Waals surface area (Å²) in [6.07, 6.45) is -4.62. The van der Waals surface area contributed by atoms with Crippen molar-refractivity contribution < 1.29 is 26.7 Å². The van der Waals surface area contributed by atoms with Gasteiger partial charge in [0.2, 0.25) is 0 Å². The molecule has 0 amide bonds. The van der Waals surface area contributed by atoms with Gasteiger partial charge in [0.25, 0.3) is 10.2 Å². The molecule has 102 valence electrons. The van der Waals surface area contributed by atoms with Gasteiger partial charge in [-0.25, -0.2) is 0 Å². The number of aliphatic hydroxyl groups is 1. The zero-order chi connectivity index (χ0) is 13.8. The lowest BCUT2D eigenvalue weighted by molar-refractivity contribution is -0.121. The van der Waals surface area contributed by atoms with Crippen molar-refractivity contribution in [3.63, 3.8) is 0 Å². The first kappa shape index (κ1) is 14.7. The monoisotopic (exact) mass is 284 g/mol. The van der Waals surface area contributed by atoms with E-state index in [1.54, 1.807) is 6.07 Å². The van der Waals surface area contributed by atoms with Gasteiger partial charge in [0, 0.05) is 0 Å². The van der Waals surface area contributed by atoms with Gasteiger partial charge in [-0.3, -0.25) is 4.72 Å². The Morgan fingerprint density at radius 1 is 1.28 bits per heavy atom. The van der Waals surface area contributed by atoms with Crippen molar-refractivity contribution in [1.82, 2.24) is 4.72 Å². The number of nitrogens with one attached hydrogen (secondary N) is 2. The summed E-state index contributed by atoms with van der Waals surface area (Å²) in [7, 11) is -4.29. The molecule has 1 rings (SSSR count). The Hall–Kier alpha value is -1.32. The minimum atomic E-state index is -4.62. The van der Waals surface area contributed by atoms with Gasteiger partial charge < -0.3 is 5.11 Å². The SMILES string of the molecule is O=S(=O)(NCC(F)(F)F)Nc1cccc(CO)c1. The summed E-state index contributed by atoms with van der Waals surface area (Å²) in [6.45, 7) is -1.95. The van der Waals surface area contributed by atoms with Crippen LogP contribution in [0.5, 0.6) is 0 Å². The van der Waals surface area contributed by atoms with Crippen LogP contribution in [0.2, 0.25) is 0 Å². The predicted molar refractivity (Wildman–Crippen MR) is 59.0 cm³/mol. The molecule has 5 nitrogen and oxygen atoms in total. The van der Waals surface area contributed by atoms with Gasteiger partial charge in [0.05, 0.1) is 12.3 Å². The van der Waals surface area contributed by atoms with E-state index in [2.05, 4.69) is 0 Å². The van der Waals surface area contributed by atoms with Crippen molar-refractivity contribution in [2.24, 2.45) is 0 Å². The van der Waals surface area contributed by atoms with Gasteiger partial charge in [0.15, 0.2) is 0 Å². The Morgan fingerprint density at radius 3 is 2.50 bits per heavy atom. The van der Waals surface area contributed by atoms with Crippen LogP contribution >= 0.6 is 0 Å². The van der Waals surface area contributed by atoms with E-state index in [1.165, 1.54) is 22.9 Å². The van der Waals surface area contributed by atoms with Crippen LogP contribution in [0.25, 0.3) is 0 Å². The zero-order valence-corrected chi connectivity index (χ0v) is 9.85. The van der Waals surface area contributed by atoms with Crippen molar-refractivity contribution in [3.8, 4) is 0 Å². The second-order valence-electron chi connectivity index (χ2n) is 3.40. The maximum absolute atomic E-state index is 11.9. The lowest BCUT2D eigenvalue weighted by Gasteiger charge is -2.11. The fourth-order valence-corrected chi connectivity index (χ4v) is 1.96. The van der Waals surface area contributed by atoms with E-state index in [0.29, 0.717) is 5.56 Å². The van der Waals surface area contributed by atoms with Crippen molar-refractivity contribution in [2.45, 2.75) is 12.8 Å². The Balaban J connectivity index is 2.70. The number of aliphatic hydroxyl groups excluding tert-OH is 1. The molecule has 0 fully saturated rings. The topological polar surface area (TPSA) is 78.4 Å². The molecule has 0 atom stereocenters. The molecule has 0 aliphatic carbocycles. The number of benzene rings is 1. The van der Waals surface area contributed by atoms with Gasteiger partial charge in [0.1, 0.15) is 6.54 Å². The minimum absolute atomic E-state index is 0.0659. The van der Waals surface area contributed by atoms with Crippen molar-refractivity contribution >= 4 is 15.9 Å². The molecule has 0 saturated carbocycles. The maximum Gasteiger partial charge on any atom is 0.402 e. The highest BCUT2D eigenvalue weighted by Crippen LogP contribution is 2.14. The normalized spacial score (nSPS) is 12.4. The predicted octanol–water partition coefficient (Wildman–Crippen LogP) is 0.988. The van der Waals surface area contributed by atoms with E-state index < -0.39 is 22.9 Å². The van der Waals surface area contributed by atoms with E-state index in [1.807, 2.05) is 4.72 Å². The van der Waals surface area contributed by atoms with Gasteiger partial charge in [-0.15, -0.1) is 0 Å². The molecule has 3 N–H and O–H groups in total. The third-order valence-electron chi connectivity index (χ3n) is 1.82. The van der Waals surface area contributed by atoms with Crippen molar-refractivity contribution in [1.29, 1.82) is 0 Å². The summed E-state index contributed by atoms with van der Waals surface area (Å²) >= 11 is 0. The summed E-state index contributed by atoms with van der Waals surface area (Å²) in [5.74, 6) is 0. The van der Waals surface area contributed by atoms with Crippen LogP contribution in [-0.4, -0.2) is 26.2 Å². The Kier molecular flexibility index (Phi) is 4.54. The largest absolute Gasteiger partial charge is 0.402 e. The number of rotatable bonds is 5. The lowest BCUT2D eigenvalue weighted by Crippen LogP contribution is -2.37. The molecule has 0 aliphatic heterocycles. The molecule has 0 aliphatic rings. The number of hydrogen-bond acceptors (Lipinski definition) is 3. The number of hydrogen-bond donors (Lipinski definition) is 3. The molecule has 0 unspecified atom stereocenters. The Bertz CT molecular complexity index is 502. The molecule has 0 aromatic heterocycles. The summed E-state index contributed by atoms with van der Waals surface area (Å²) in [4.78, 5) is 0. The molecule has 9 heteroatoms. The highest BCUT2D eigenvalue weighted by Gasteiger charge is 2.29. The van der Waals surface area contributed by atoms with Crippen LogP contribution in [0.15, 0.2) is 24.3 Å². The standard InChI is InChI=1S/C9H11F3N2O3S/c10-9(11,12)6-13-18(16,17)14-8-3-1-2-7(4-8)5-15/h1-4,13-15H,5-6H2. The third-order valence-corrected chi connectivity index (χ3v) is 2.85. The molecule has 0 bridgehead atoms. The van der Waals surface area contributed by atoms with E-state index in [9.17, 15) is 21.6 Å². The van der Waals surface area contributed by atoms with E-state index in [0.717, 1.165) is 0 Å². The van der Waals surface area contributed by atoms with Crippen molar-refractivity contribution in [3.05, 3.63) is 29.8 Å². The third kappa shape index (κ3) is 5.34. The molecule has 1 aromatic carbocycles. The Morgan fingerprint density at radius 2 is 1.94 bits per heavy atom. The van der Waals surface area contributed by atoms with Crippen LogP contribution in [0, 0.1) is 0 Å². The van der Waals surface area contributed by atoms with Gasteiger partial charge >= 0.3 is 6.18 Å². The lowest BCUT2D eigenvalue weighted by atomic mass is 10.2. The molecule has 1 aromatic rings. The molecule has 0 radical (unpaired) electrons. The van der Waals surface area contributed by atoms with Crippen LogP contribution in [0.4, 0.5) is 18.9 Å². The highest BCUT2D eigenvalue weighted by molar-refractivity contribution is 7.90. The molecular formula is C9H11F3N2O3S. The van der Waals surface area contributed by atoms with Gasteiger partial charge in [-0.2, -0.15) is 26.3 Å². The minimum Gasteiger partial charge on any atom is -0.392 e. The number of anilines is 1. The molecular weight excluding hydrogens is 273 g/mol. The first-order chi connectivity index (χ1) is 8.22. The summed E-state index contributed by atoms with van der Waals surface area (Å²) in [5.41, 5.74) is 0.502. The summed E-state index contributed by atoms with van der Waals surface area (Å²) in [6, 6.07) is 5.67. The fourth-order valence-electron chi connectivity index (χ4n) is 1.10. The number of halogens is 3. The zero-order valence-electron chi connectivity index (χ0n) is 9.03. The first-order valence-electron chi connectivity index (χ1n) is 4.76. The average molecular weight is 284 g/mol. The molecule has 18 heavy (non-hydrogen) atoms. The second-order valence-corrected chi connectivity index (χ2v) is 4.90. The van der Waals surface area contributed by atoms with Crippen LogP contribution in [0.1, 0.15) is 5.56 Å². The summed E-state index contributed by atoms with van der Waals surface area (Å²) < 4.78 is 61.4. The van der Waals surface area contributed by atoms with Crippen LogP contribution in [0.3, 0.4) is 0 Å². The molecule has 0 saturated heterocycles. The highest BCUT2D eigenvalue weighted by atomic mass is 32.2. The van der Waals surface area contributed by atoms with E-state index in [-0.39, 0.29) is 12.3 Å². The number of alkyl halides is 3. The Labute approximate surface area is 102 Å². The summed E-state index contributed by atoms with van der Waals surface area (Å²) in [5, 5.41) is 8.83. The van der Waals surface area contributed by atoms with E-state index in [4.69, 9.17) is 5.11 Å². The van der Waals surface area contributed by atoms with Crippen LogP contribution < -0.4 is 9.44 Å². The fraction of sp³-hybridized carbons (Fsp3) is 0.333. The average Bonchev–Trinajstić information content (AvgIpc) is 2.25. The van der Waals surface area contributed by atoms with Crippen LogP contribution in [-0.2, 0) is 16.8 Å². The van der Waals surface area contributed by atoms with E-state index >= 15 is 0 Å².